The van der Waals surface area contributed by atoms with Gasteiger partial charge in [-0.1, -0.05) is 23.7 Å². The zero-order chi connectivity index (χ0) is 14.7. The van der Waals surface area contributed by atoms with Crippen LogP contribution in [0.4, 0.5) is 15.8 Å². The minimum atomic E-state index is -0.648. The van der Waals surface area contributed by atoms with E-state index < -0.39 is 10.7 Å². The summed E-state index contributed by atoms with van der Waals surface area (Å²) in [6, 6.07) is 10.5. The van der Waals surface area contributed by atoms with E-state index in [2.05, 4.69) is 5.32 Å². The molecule has 1 atom stereocenters. The summed E-state index contributed by atoms with van der Waals surface area (Å²) in [7, 11) is 0. The second-order valence-electron chi connectivity index (χ2n) is 4.37. The third-order valence-corrected chi connectivity index (χ3v) is 3.10. The van der Waals surface area contributed by atoms with Crippen LogP contribution >= 0.6 is 11.6 Å². The number of non-ortho nitro benzene ring substituents is 1. The van der Waals surface area contributed by atoms with Crippen molar-refractivity contribution in [2.45, 2.75) is 13.0 Å². The average molecular weight is 295 g/mol. The fourth-order valence-electron chi connectivity index (χ4n) is 1.85. The molecule has 0 heterocycles. The zero-order valence-corrected chi connectivity index (χ0v) is 11.4. The van der Waals surface area contributed by atoms with Crippen molar-refractivity contribution in [1.29, 1.82) is 0 Å². The number of anilines is 1. The molecule has 2 rings (SSSR count). The molecule has 0 spiro atoms. The molecule has 4 nitrogen and oxygen atoms in total. The van der Waals surface area contributed by atoms with Crippen molar-refractivity contribution < 1.29 is 9.31 Å². The molecule has 0 saturated heterocycles. The summed E-state index contributed by atoms with van der Waals surface area (Å²) in [6.45, 7) is 1.87. The monoisotopic (exact) mass is 294 g/mol. The fraction of sp³-hybridized carbons (Fsp3) is 0.143. The highest BCUT2D eigenvalue weighted by molar-refractivity contribution is 6.30. The van der Waals surface area contributed by atoms with E-state index in [1.807, 2.05) is 19.1 Å². The summed E-state index contributed by atoms with van der Waals surface area (Å²) in [4.78, 5) is 10.1. The molecule has 0 bridgehead atoms. The van der Waals surface area contributed by atoms with Gasteiger partial charge in [0.15, 0.2) is 0 Å². The van der Waals surface area contributed by atoms with Crippen LogP contribution in [0.25, 0.3) is 0 Å². The van der Waals surface area contributed by atoms with E-state index in [1.54, 1.807) is 12.1 Å². The number of halogens is 2. The second kappa shape index (κ2) is 5.88. The lowest BCUT2D eigenvalue weighted by Crippen LogP contribution is -2.07. The first-order valence-electron chi connectivity index (χ1n) is 5.92. The number of hydrogen-bond donors (Lipinski definition) is 1. The van der Waals surface area contributed by atoms with Gasteiger partial charge in [0.2, 0.25) is 0 Å². The highest BCUT2D eigenvalue weighted by Crippen LogP contribution is 2.25. The molecule has 0 radical (unpaired) electrons. The number of nitrogens with zero attached hydrogens (tertiary/aromatic N) is 1. The SMILES string of the molecule is CC(Nc1cc(F)cc([N+](=O)[O-])c1)c1ccc(Cl)cc1. The predicted octanol–water partition coefficient (Wildman–Crippen LogP) is 4.56. The van der Waals surface area contributed by atoms with Crippen LogP contribution in [0, 0.1) is 15.9 Å². The second-order valence-corrected chi connectivity index (χ2v) is 4.81. The van der Waals surface area contributed by atoms with Crippen molar-refractivity contribution in [3.8, 4) is 0 Å². The third-order valence-electron chi connectivity index (χ3n) is 2.85. The molecule has 0 saturated carbocycles. The highest BCUT2D eigenvalue weighted by Gasteiger charge is 2.12. The summed E-state index contributed by atoms with van der Waals surface area (Å²) in [5.74, 6) is -0.648. The summed E-state index contributed by atoms with van der Waals surface area (Å²) >= 11 is 5.81. The van der Waals surface area contributed by atoms with Crippen molar-refractivity contribution >= 4 is 23.0 Å². The largest absolute Gasteiger partial charge is 0.378 e. The van der Waals surface area contributed by atoms with Gasteiger partial charge in [-0.25, -0.2) is 4.39 Å². The minimum absolute atomic E-state index is 0.131. The molecular weight excluding hydrogens is 283 g/mol. The summed E-state index contributed by atoms with van der Waals surface area (Å²) in [5.41, 5.74) is 1.02. The van der Waals surface area contributed by atoms with Gasteiger partial charge in [-0.15, -0.1) is 0 Å². The smallest absolute Gasteiger partial charge is 0.274 e. The Bertz CT molecular complexity index is 632. The number of rotatable bonds is 4. The third kappa shape index (κ3) is 3.45. The number of hydrogen-bond acceptors (Lipinski definition) is 3. The number of nitro benzene ring substituents is 1. The molecule has 104 valence electrons. The lowest BCUT2D eigenvalue weighted by molar-refractivity contribution is -0.385. The van der Waals surface area contributed by atoms with E-state index in [9.17, 15) is 14.5 Å². The van der Waals surface area contributed by atoms with E-state index in [4.69, 9.17) is 11.6 Å². The fourth-order valence-corrected chi connectivity index (χ4v) is 1.97. The van der Waals surface area contributed by atoms with Crippen LogP contribution in [-0.4, -0.2) is 4.92 Å². The molecule has 0 amide bonds. The Morgan fingerprint density at radius 1 is 1.25 bits per heavy atom. The molecule has 0 aliphatic rings. The summed E-state index contributed by atoms with van der Waals surface area (Å²) in [5, 5.41) is 14.3. The van der Waals surface area contributed by atoms with Crippen LogP contribution in [0.1, 0.15) is 18.5 Å². The van der Waals surface area contributed by atoms with Crippen molar-refractivity contribution in [3.05, 3.63) is 69.0 Å². The molecule has 0 aromatic heterocycles. The lowest BCUT2D eigenvalue weighted by atomic mass is 10.1. The van der Waals surface area contributed by atoms with Crippen molar-refractivity contribution in [2.24, 2.45) is 0 Å². The molecule has 0 fully saturated rings. The van der Waals surface area contributed by atoms with Gasteiger partial charge in [0.05, 0.1) is 11.0 Å². The van der Waals surface area contributed by atoms with Gasteiger partial charge in [0.25, 0.3) is 5.69 Å². The first kappa shape index (κ1) is 14.3. The van der Waals surface area contributed by atoms with Gasteiger partial charge in [0.1, 0.15) is 5.82 Å². The highest BCUT2D eigenvalue weighted by atomic mass is 35.5. The number of nitro groups is 1. The molecule has 2 aromatic rings. The number of benzene rings is 2. The van der Waals surface area contributed by atoms with Crippen LogP contribution in [0.15, 0.2) is 42.5 Å². The first-order valence-corrected chi connectivity index (χ1v) is 6.30. The van der Waals surface area contributed by atoms with Crippen molar-refractivity contribution in [1.82, 2.24) is 0 Å². The van der Waals surface area contributed by atoms with E-state index >= 15 is 0 Å². The molecule has 6 heteroatoms. The van der Waals surface area contributed by atoms with Gasteiger partial charge < -0.3 is 5.32 Å². The van der Waals surface area contributed by atoms with E-state index in [0.717, 1.165) is 11.6 Å². The molecular formula is C14H12ClFN2O2. The average Bonchev–Trinajstić information content (AvgIpc) is 2.38. The topological polar surface area (TPSA) is 55.2 Å². The molecule has 1 unspecified atom stereocenters. The Morgan fingerprint density at radius 2 is 1.90 bits per heavy atom. The summed E-state index contributed by atoms with van der Waals surface area (Å²) in [6.07, 6.45) is 0. The van der Waals surface area contributed by atoms with Crippen molar-refractivity contribution in [3.63, 3.8) is 0 Å². The van der Waals surface area contributed by atoms with Crippen LogP contribution in [-0.2, 0) is 0 Å². The Balaban J connectivity index is 2.21. The molecule has 20 heavy (non-hydrogen) atoms. The van der Waals surface area contributed by atoms with E-state index in [0.29, 0.717) is 10.7 Å². The molecule has 1 N–H and O–H groups in total. The lowest BCUT2D eigenvalue weighted by Gasteiger charge is -2.15. The quantitative estimate of drug-likeness (QED) is 0.664. The molecule has 2 aromatic carbocycles. The standard InChI is InChI=1S/C14H12ClFN2O2/c1-9(10-2-4-11(15)5-3-10)17-13-6-12(16)7-14(8-13)18(19)20/h2-9,17H,1H3. The maximum atomic E-state index is 13.3. The predicted molar refractivity (Wildman–Crippen MR) is 76.5 cm³/mol. The van der Waals surface area contributed by atoms with E-state index in [-0.39, 0.29) is 11.7 Å². The Kier molecular flexibility index (Phi) is 4.20. The zero-order valence-electron chi connectivity index (χ0n) is 10.6. The van der Waals surface area contributed by atoms with Gasteiger partial charge in [0, 0.05) is 22.8 Å². The van der Waals surface area contributed by atoms with Crippen LogP contribution in [0.3, 0.4) is 0 Å². The Labute approximate surface area is 120 Å². The van der Waals surface area contributed by atoms with Crippen molar-refractivity contribution in [2.75, 3.05) is 5.32 Å². The Morgan fingerprint density at radius 3 is 2.50 bits per heavy atom. The maximum Gasteiger partial charge on any atom is 0.274 e. The van der Waals surface area contributed by atoms with Crippen LogP contribution in [0.5, 0.6) is 0 Å². The molecule has 0 aliphatic heterocycles. The minimum Gasteiger partial charge on any atom is -0.378 e. The normalized spacial score (nSPS) is 11.9. The van der Waals surface area contributed by atoms with Gasteiger partial charge in [-0.3, -0.25) is 10.1 Å². The van der Waals surface area contributed by atoms with Crippen LogP contribution < -0.4 is 5.32 Å². The van der Waals surface area contributed by atoms with Crippen LogP contribution in [0.2, 0.25) is 5.02 Å². The van der Waals surface area contributed by atoms with Gasteiger partial charge >= 0.3 is 0 Å². The summed E-state index contributed by atoms with van der Waals surface area (Å²) < 4.78 is 13.3. The Hall–Kier alpha value is -2.14. The van der Waals surface area contributed by atoms with Gasteiger partial charge in [-0.05, 0) is 30.7 Å². The van der Waals surface area contributed by atoms with E-state index in [1.165, 1.54) is 12.1 Å². The first-order chi connectivity index (χ1) is 9.45. The number of nitrogens with one attached hydrogen (secondary N) is 1. The maximum absolute atomic E-state index is 13.3. The van der Waals surface area contributed by atoms with Gasteiger partial charge in [-0.2, -0.15) is 0 Å². The molecule has 0 aliphatic carbocycles.